The summed E-state index contributed by atoms with van der Waals surface area (Å²) in [5.41, 5.74) is 3.91. The molecule has 4 aromatic rings. The number of fused-ring (bicyclic) bond motifs is 1. The number of hydrogen-bond acceptors (Lipinski definition) is 6. The molecule has 3 aromatic heterocycles. The van der Waals surface area contributed by atoms with Crippen LogP contribution in [-0.2, 0) is 0 Å². The van der Waals surface area contributed by atoms with E-state index in [-0.39, 0.29) is 0 Å². The SMILES string of the molecule is CC(C)NC[C@H](O)c1cnc2c(ccn2-c2cccc(-c3ncn[nH]3)c2)n1. The van der Waals surface area contributed by atoms with E-state index in [9.17, 15) is 5.11 Å². The molecule has 8 heteroatoms. The summed E-state index contributed by atoms with van der Waals surface area (Å²) in [6.45, 7) is 4.51. The van der Waals surface area contributed by atoms with Crippen LogP contribution in [0.1, 0.15) is 25.6 Å². The van der Waals surface area contributed by atoms with Gasteiger partial charge in [-0.3, -0.25) is 9.67 Å². The highest BCUT2D eigenvalue weighted by Crippen LogP contribution is 2.22. The van der Waals surface area contributed by atoms with E-state index in [2.05, 4.69) is 30.5 Å². The molecule has 4 rings (SSSR count). The molecule has 0 amide bonds. The first-order valence-corrected chi connectivity index (χ1v) is 8.83. The lowest BCUT2D eigenvalue weighted by molar-refractivity contribution is 0.167. The molecule has 8 nitrogen and oxygen atoms in total. The van der Waals surface area contributed by atoms with E-state index in [1.54, 1.807) is 6.20 Å². The Hall–Kier alpha value is -3.10. The molecule has 0 saturated carbocycles. The fourth-order valence-corrected chi connectivity index (χ4v) is 2.89. The second-order valence-corrected chi connectivity index (χ2v) is 6.65. The zero-order chi connectivity index (χ0) is 18.8. The highest BCUT2D eigenvalue weighted by Gasteiger charge is 2.13. The number of aromatic nitrogens is 6. The van der Waals surface area contributed by atoms with E-state index in [0.717, 1.165) is 22.4 Å². The maximum absolute atomic E-state index is 10.3. The van der Waals surface area contributed by atoms with Crippen LogP contribution in [0.4, 0.5) is 0 Å². The molecule has 0 aliphatic heterocycles. The molecule has 0 unspecified atom stereocenters. The second-order valence-electron chi connectivity index (χ2n) is 6.65. The van der Waals surface area contributed by atoms with Crippen LogP contribution in [-0.4, -0.2) is 47.4 Å². The number of nitrogens with zero attached hydrogens (tertiary/aromatic N) is 5. The minimum absolute atomic E-state index is 0.300. The van der Waals surface area contributed by atoms with E-state index in [1.165, 1.54) is 6.33 Å². The Labute approximate surface area is 156 Å². The van der Waals surface area contributed by atoms with Gasteiger partial charge in [-0.2, -0.15) is 5.10 Å². The number of nitrogens with one attached hydrogen (secondary N) is 2. The van der Waals surface area contributed by atoms with Crippen LogP contribution in [0, 0.1) is 0 Å². The average Bonchev–Trinajstić information content (AvgIpc) is 3.35. The maximum Gasteiger partial charge on any atom is 0.163 e. The zero-order valence-corrected chi connectivity index (χ0v) is 15.2. The predicted molar refractivity (Wildman–Crippen MR) is 102 cm³/mol. The minimum atomic E-state index is -0.692. The monoisotopic (exact) mass is 363 g/mol. The molecule has 27 heavy (non-hydrogen) atoms. The number of aliphatic hydroxyl groups excluding tert-OH is 1. The minimum Gasteiger partial charge on any atom is -0.385 e. The highest BCUT2D eigenvalue weighted by atomic mass is 16.3. The van der Waals surface area contributed by atoms with Crippen molar-refractivity contribution in [1.29, 1.82) is 0 Å². The summed E-state index contributed by atoms with van der Waals surface area (Å²) in [6, 6.07) is 10.1. The number of H-pyrrole nitrogens is 1. The number of rotatable bonds is 6. The van der Waals surface area contributed by atoms with Crippen LogP contribution in [0.2, 0.25) is 0 Å². The number of hydrogen-bond donors (Lipinski definition) is 3. The van der Waals surface area contributed by atoms with Crippen molar-refractivity contribution in [1.82, 2.24) is 35.0 Å². The van der Waals surface area contributed by atoms with Gasteiger partial charge in [-0.1, -0.05) is 26.0 Å². The molecule has 1 aromatic carbocycles. The largest absolute Gasteiger partial charge is 0.385 e. The molecule has 1 atom stereocenters. The fraction of sp³-hybridized carbons (Fsp3) is 0.263. The van der Waals surface area contributed by atoms with Gasteiger partial charge in [0, 0.05) is 30.0 Å². The van der Waals surface area contributed by atoms with Crippen LogP contribution in [0.15, 0.2) is 49.1 Å². The van der Waals surface area contributed by atoms with Crippen molar-refractivity contribution in [3.8, 4) is 17.1 Å². The van der Waals surface area contributed by atoms with Crippen LogP contribution in [0.5, 0.6) is 0 Å². The lowest BCUT2D eigenvalue weighted by Gasteiger charge is -2.13. The van der Waals surface area contributed by atoms with E-state index >= 15 is 0 Å². The number of aromatic amines is 1. The Morgan fingerprint density at radius 1 is 1.22 bits per heavy atom. The molecular formula is C19H21N7O. The lowest BCUT2D eigenvalue weighted by Crippen LogP contribution is -2.28. The third-order valence-corrected chi connectivity index (χ3v) is 4.28. The summed E-state index contributed by atoms with van der Waals surface area (Å²) < 4.78 is 1.96. The van der Waals surface area contributed by atoms with Crippen molar-refractivity contribution in [3.63, 3.8) is 0 Å². The van der Waals surface area contributed by atoms with Crippen molar-refractivity contribution in [2.24, 2.45) is 0 Å². The Balaban J connectivity index is 1.65. The van der Waals surface area contributed by atoms with E-state index in [4.69, 9.17) is 0 Å². The molecule has 0 aliphatic rings. The second kappa shape index (κ2) is 7.26. The predicted octanol–water partition coefficient (Wildman–Crippen LogP) is 2.24. The van der Waals surface area contributed by atoms with Crippen LogP contribution >= 0.6 is 0 Å². The van der Waals surface area contributed by atoms with Crippen molar-refractivity contribution in [2.45, 2.75) is 26.0 Å². The van der Waals surface area contributed by atoms with Crippen molar-refractivity contribution < 1.29 is 5.11 Å². The average molecular weight is 363 g/mol. The van der Waals surface area contributed by atoms with Crippen molar-refractivity contribution in [3.05, 3.63) is 54.7 Å². The third kappa shape index (κ3) is 3.57. The molecule has 0 aliphatic carbocycles. The maximum atomic E-state index is 10.3. The van der Waals surface area contributed by atoms with Gasteiger partial charge in [-0.15, -0.1) is 0 Å². The fourth-order valence-electron chi connectivity index (χ4n) is 2.89. The first kappa shape index (κ1) is 17.3. The molecule has 0 saturated heterocycles. The summed E-state index contributed by atoms with van der Waals surface area (Å²) in [7, 11) is 0. The Morgan fingerprint density at radius 2 is 2.11 bits per heavy atom. The molecule has 3 N–H and O–H groups in total. The van der Waals surface area contributed by atoms with Crippen LogP contribution in [0.25, 0.3) is 28.2 Å². The lowest BCUT2D eigenvalue weighted by atomic mass is 10.2. The number of benzene rings is 1. The molecule has 138 valence electrons. The molecule has 0 radical (unpaired) electrons. The smallest absolute Gasteiger partial charge is 0.163 e. The molecule has 0 fully saturated rings. The van der Waals surface area contributed by atoms with Gasteiger partial charge >= 0.3 is 0 Å². The molecular weight excluding hydrogens is 342 g/mol. The van der Waals surface area contributed by atoms with Gasteiger partial charge in [-0.05, 0) is 18.2 Å². The van der Waals surface area contributed by atoms with Gasteiger partial charge in [0.25, 0.3) is 0 Å². The summed E-state index contributed by atoms with van der Waals surface area (Å²) >= 11 is 0. The zero-order valence-electron chi connectivity index (χ0n) is 15.2. The third-order valence-electron chi connectivity index (χ3n) is 4.28. The van der Waals surface area contributed by atoms with Gasteiger partial charge in [0.05, 0.1) is 11.9 Å². The van der Waals surface area contributed by atoms with Gasteiger partial charge in [0.15, 0.2) is 11.5 Å². The topological polar surface area (TPSA) is 105 Å². The van der Waals surface area contributed by atoms with Crippen LogP contribution in [0.3, 0.4) is 0 Å². The molecule has 0 bridgehead atoms. The molecule has 3 heterocycles. The van der Waals surface area contributed by atoms with Gasteiger partial charge in [-0.25, -0.2) is 15.0 Å². The first-order chi connectivity index (χ1) is 13.1. The van der Waals surface area contributed by atoms with Gasteiger partial charge in [0.1, 0.15) is 17.9 Å². The summed E-state index contributed by atoms with van der Waals surface area (Å²) in [5.74, 6) is 0.711. The van der Waals surface area contributed by atoms with Crippen molar-refractivity contribution >= 4 is 11.2 Å². The summed E-state index contributed by atoms with van der Waals surface area (Å²) in [5, 5.41) is 20.3. The highest BCUT2D eigenvalue weighted by molar-refractivity contribution is 5.74. The first-order valence-electron chi connectivity index (χ1n) is 8.83. The standard InChI is InChI=1S/C19H21N7O/c1-12(2)20-10-17(27)16-9-21-19-15(24-16)6-7-26(19)14-5-3-4-13(8-14)18-22-11-23-25-18/h3-9,11-12,17,20,27H,10H2,1-2H3,(H,22,23,25)/t17-/m0/s1. The van der Waals surface area contributed by atoms with E-state index in [0.29, 0.717) is 24.1 Å². The van der Waals surface area contributed by atoms with Crippen LogP contribution < -0.4 is 5.32 Å². The van der Waals surface area contributed by atoms with E-state index in [1.807, 2.05) is 54.9 Å². The Bertz CT molecular complexity index is 1040. The van der Waals surface area contributed by atoms with Gasteiger partial charge in [0.2, 0.25) is 0 Å². The normalized spacial score (nSPS) is 12.7. The van der Waals surface area contributed by atoms with Crippen molar-refractivity contribution in [2.75, 3.05) is 6.54 Å². The Kier molecular flexibility index (Phi) is 4.66. The quantitative estimate of drug-likeness (QED) is 0.485. The number of aliphatic hydroxyl groups is 1. The van der Waals surface area contributed by atoms with E-state index < -0.39 is 6.10 Å². The summed E-state index contributed by atoms with van der Waals surface area (Å²) in [4.78, 5) is 13.3. The summed E-state index contributed by atoms with van der Waals surface area (Å²) in [6.07, 6.45) is 4.35. The van der Waals surface area contributed by atoms with Gasteiger partial charge < -0.3 is 10.4 Å². The molecule has 0 spiro atoms. The Morgan fingerprint density at radius 3 is 2.89 bits per heavy atom.